The summed E-state index contributed by atoms with van der Waals surface area (Å²) in [5.74, 6) is 0. The number of nitrogens with zero attached hydrogens (tertiary/aromatic N) is 1. The van der Waals surface area contributed by atoms with E-state index < -0.39 is 30.4 Å². The van der Waals surface area contributed by atoms with Crippen LogP contribution in [0.15, 0.2) is 12.1 Å². The van der Waals surface area contributed by atoms with E-state index in [4.69, 9.17) is 0 Å². The molecule has 2 N–H and O–H groups in total. The SMILES string of the molecule is C[Si](C)(C)c1[nH]c2cc(C(F)(F)F)c([N+](=O)[O-])cc2c1CCO. The number of hydrogen-bond acceptors (Lipinski definition) is 3. The Balaban J connectivity index is 2.86. The van der Waals surface area contributed by atoms with Gasteiger partial charge in [-0.25, -0.2) is 0 Å². The minimum atomic E-state index is -4.81. The molecule has 0 bridgehead atoms. The first-order valence-electron chi connectivity index (χ1n) is 6.98. The van der Waals surface area contributed by atoms with E-state index in [2.05, 4.69) is 4.98 Å². The van der Waals surface area contributed by atoms with Crippen molar-refractivity contribution >= 4 is 30.0 Å². The number of aliphatic hydroxyl groups excluding tert-OH is 1. The van der Waals surface area contributed by atoms with Gasteiger partial charge >= 0.3 is 6.18 Å². The van der Waals surface area contributed by atoms with Gasteiger partial charge in [0.25, 0.3) is 5.69 Å². The molecule has 0 aliphatic heterocycles. The maximum Gasteiger partial charge on any atom is 0.423 e. The van der Waals surface area contributed by atoms with E-state index in [0.29, 0.717) is 10.9 Å². The zero-order chi connectivity index (χ0) is 17.6. The van der Waals surface area contributed by atoms with Crippen LogP contribution >= 0.6 is 0 Å². The lowest BCUT2D eigenvalue weighted by atomic mass is 10.1. The van der Waals surface area contributed by atoms with Crippen LogP contribution in [0, 0.1) is 10.1 Å². The van der Waals surface area contributed by atoms with Crippen molar-refractivity contribution in [2.75, 3.05) is 6.61 Å². The lowest BCUT2D eigenvalue weighted by Gasteiger charge is -2.16. The van der Waals surface area contributed by atoms with E-state index in [-0.39, 0.29) is 18.5 Å². The third kappa shape index (κ3) is 3.25. The Morgan fingerprint density at radius 1 is 1.30 bits per heavy atom. The van der Waals surface area contributed by atoms with Gasteiger partial charge in [-0.3, -0.25) is 10.1 Å². The molecule has 126 valence electrons. The summed E-state index contributed by atoms with van der Waals surface area (Å²) in [4.78, 5) is 13.0. The van der Waals surface area contributed by atoms with Gasteiger partial charge in [-0.15, -0.1) is 0 Å². The fraction of sp³-hybridized carbons (Fsp3) is 0.429. The molecule has 1 aromatic carbocycles. The number of rotatable bonds is 4. The Kier molecular flexibility index (Phi) is 4.29. The number of nitrogens with one attached hydrogen (secondary N) is 1. The van der Waals surface area contributed by atoms with Crippen molar-refractivity contribution in [3.63, 3.8) is 0 Å². The maximum absolute atomic E-state index is 13.1. The Bertz CT molecular complexity index is 763. The van der Waals surface area contributed by atoms with E-state index >= 15 is 0 Å². The second-order valence-corrected chi connectivity index (χ2v) is 11.4. The van der Waals surface area contributed by atoms with Crippen molar-refractivity contribution in [3.05, 3.63) is 33.4 Å². The predicted octanol–water partition coefficient (Wildman–Crippen LogP) is 3.17. The molecule has 0 aliphatic carbocycles. The average Bonchev–Trinajstić information content (AvgIpc) is 2.75. The van der Waals surface area contributed by atoms with Crippen molar-refractivity contribution in [1.29, 1.82) is 0 Å². The summed E-state index contributed by atoms with van der Waals surface area (Å²) in [5, 5.41) is 21.4. The standard InChI is InChI=1S/C14H17F3N2O3Si/c1-23(2,3)13-8(4-5-20)9-6-12(19(21)22)10(14(15,16)17)7-11(9)18-13/h6-7,18,20H,4-5H2,1-3H3. The van der Waals surface area contributed by atoms with Gasteiger partial charge in [0, 0.05) is 28.9 Å². The minimum Gasteiger partial charge on any atom is -0.396 e. The molecule has 0 unspecified atom stereocenters. The minimum absolute atomic E-state index is 0.181. The third-order valence-corrected chi connectivity index (χ3v) is 5.56. The highest BCUT2D eigenvalue weighted by Gasteiger charge is 2.39. The topological polar surface area (TPSA) is 79.2 Å². The van der Waals surface area contributed by atoms with Gasteiger partial charge in [0.05, 0.1) is 13.0 Å². The summed E-state index contributed by atoms with van der Waals surface area (Å²) in [7, 11) is -1.92. The van der Waals surface area contributed by atoms with Crippen LogP contribution < -0.4 is 5.32 Å². The number of aromatic nitrogens is 1. The molecule has 0 aliphatic rings. The van der Waals surface area contributed by atoms with Crippen molar-refractivity contribution in [2.45, 2.75) is 32.2 Å². The van der Waals surface area contributed by atoms with Crippen LogP contribution in [0.2, 0.25) is 19.6 Å². The van der Waals surface area contributed by atoms with Gasteiger partial charge in [0.2, 0.25) is 0 Å². The van der Waals surface area contributed by atoms with E-state index in [0.717, 1.165) is 17.4 Å². The number of aromatic amines is 1. The first-order valence-corrected chi connectivity index (χ1v) is 10.5. The molecule has 0 atom stereocenters. The second kappa shape index (κ2) is 5.64. The van der Waals surface area contributed by atoms with Crippen molar-refractivity contribution in [1.82, 2.24) is 4.98 Å². The van der Waals surface area contributed by atoms with Crippen molar-refractivity contribution < 1.29 is 23.2 Å². The van der Waals surface area contributed by atoms with Crippen molar-refractivity contribution in [2.24, 2.45) is 0 Å². The molecule has 0 fully saturated rings. The van der Waals surface area contributed by atoms with Crippen molar-refractivity contribution in [3.8, 4) is 0 Å². The highest BCUT2D eigenvalue weighted by molar-refractivity contribution is 6.88. The zero-order valence-corrected chi connectivity index (χ0v) is 13.9. The summed E-state index contributed by atoms with van der Waals surface area (Å²) < 4.78 is 39.2. The number of hydrogen-bond donors (Lipinski definition) is 2. The molecule has 1 aromatic heterocycles. The lowest BCUT2D eigenvalue weighted by molar-refractivity contribution is -0.387. The number of benzene rings is 1. The number of nitro groups is 1. The highest BCUT2D eigenvalue weighted by Crippen LogP contribution is 2.39. The molecule has 0 amide bonds. The van der Waals surface area contributed by atoms with Gasteiger partial charge in [0.1, 0.15) is 5.56 Å². The molecule has 2 rings (SSSR count). The van der Waals surface area contributed by atoms with Crippen LogP contribution in [0.4, 0.5) is 18.9 Å². The summed E-state index contributed by atoms with van der Waals surface area (Å²) >= 11 is 0. The summed E-state index contributed by atoms with van der Waals surface area (Å²) in [6.45, 7) is 5.85. The Labute approximate surface area is 131 Å². The first-order chi connectivity index (χ1) is 10.5. The molecule has 23 heavy (non-hydrogen) atoms. The number of aliphatic hydroxyl groups is 1. The number of halogens is 3. The first kappa shape index (κ1) is 17.5. The number of H-pyrrole nitrogens is 1. The van der Waals surface area contributed by atoms with Crippen LogP contribution in [-0.2, 0) is 12.6 Å². The Morgan fingerprint density at radius 3 is 2.35 bits per heavy atom. The summed E-state index contributed by atoms with van der Waals surface area (Å²) in [6, 6.07) is 1.75. The molecule has 5 nitrogen and oxygen atoms in total. The van der Waals surface area contributed by atoms with Gasteiger partial charge in [-0.05, 0) is 18.1 Å². The fourth-order valence-corrected chi connectivity index (χ4v) is 4.35. The second-order valence-electron chi connectivity index (χ2n) is 6.37. The molecule has 9 heteroatoms. The van der Waals surface area contributed by atoms with Gasteiger partial charge in [-0.2, -0.15) is 13.2 Å². The van der Waals surface area contributed by atoms with Crippen LogP contribution in [-0.4, -0.2) is 29.7 Å². The lowest BCUT2D eigenvalue weighted by Crippen LogP contribution is -2.41. The summed E-state index contributed by atoms with van der Waals surface area (Å²) in [5.41, 5.74) is -1.36. The third-order valence-electron chi connectivity index (χ3n) is 3.64. The van der Waals surface area contributed by atoms with E-state index in [1.54, 1.807) is 0 Å². The molecule has 0 saturated heterocycles. The number of fused-ring (bicyclic) bond motifs is 1. The van der Waals surface area contributed by atoms with Gasteiger partial charge in [-0.1, -0.05) is 19.6 Å². The number of nitro benzene ring substituents is 1. The molecule has 0 spiro atoms. The van der Waals surface area contributed by atoms with Crippen LogP contribution in [0.5, 0.6) is 0 Å². The quantitative estimate of drug-likeness (QED) is 0.507. The zero-order valence-electron chi connectivity index (χ0n) is 12.9. The van der Waals surface area contributed by atoms with E-state index in [1.807, 2.05) is 19.6 Å². The molecule has 1 heterocycles. The largest absolute Gasteiger partial charge is 0.423 e. The molecule has 2 aromatic rings. The van der Waals surface area contributed by atoms with Crippen LogP contribution in [0.25, 0.3) is 10.9 Å². The van der Waals surface area contributed by atoms with E-state index in [9.17, 15) is 28.4 Å². The van der Waals surface area contributed by atoms with Crippen LogP contribution in [0.3, 0.4) is 0 Å². The average molecular weight is 346 g/mol. The van der Waals surface area contributed by atoms with Gasteiger partial charge < -0.3 is 10.1 Å². The fourth-order valence-electron chi connectivity index (χ4n) is 2.68. The van der Waals surface area contributed by atoms with Gasteiger partial charge in [0.15, 0.2) is 0 Å². The molecule has 0 radical (unpaired) electrons. The molecule has 0 saturated carbocycles. The Hall–Kier alpha value is -1.87. The molecular formula is C14H17F3N2O3Si. The molecular weight excluding hydrogens is 329 g/mol. The normalized spacial score (nSPS) is 12.8. The highest BCUT2D eigenvalue weighted by atomic mass is 28.3. The Morgan fingerprint density at radius 2 is 1.91 bits per heavy atom. The summed E-state index contributed by atoms with van der Waals surface area (Å²) in [6.07, 6.45) is -4.57. The monoisotopic (exact) mass is 346 g/mol. The maximum atomic E-state index is 13.1. The predicted molar refractivity (Wildman–Crippen MR) is 83.7 cm³/mol. The smallest absolute Gasteiger partial charge is 0.396 e. The van der Waals surface area contributed by atoms with E-state index in [1.165, 1.54) is 0 Å². The number of alkyl halides is 3. The van der Waals surface area contributed by atoms with Crippen LogP contribution in [0.1, 0.15) is 11.1 Å².